The number of likely N-dealkylation sites (N-methyl/N-ethyl adjacent to an activating group) is 1. The Morgan fingerprint density at radius 3 is 2.43 bits per heavy atom. The van der Waals surface area contributed by atoms with E-state index in [0.29, 0.717) is 43.5 Å². The third kappa shape index (κ3) is 9.12. The first-order valence-corrected chi connectivity index (χ1v) is 14.4. The van der Waals surface area contributed by atoms with Crippen LogP contribution >= 0.6 is 23.2 Å². The van der Waals surface area contributed by atoms with Crippen molar-refractivity contribution >= 4 is 28.9 Å². The number of ether oxygens (including phenoxy) is 3. The molecule has 0 spiro atoms. The minimum atomic E-state index is 0.232. The Labute approximate surface area is 232 Å². The monoisotopic (exact) mass is 548 g/mol. The highest BCUT2D eigenvalue weighted by atomic mass is 35.5. The van der Waals surface area contributed by atoms with Crippen molar-refractivity contribution in [1.29, 1.82) is 0 Å². The molecule has 37 heavy (non-hydrogen) atoms. The van der Waals surface area contributed by atoms with Crippen LogP contribution < -0.4 is 5.32 Å². The lowest BCUT2D eigenvalue weighted by Crippen LogP contribution is -2.31. The molecule has 1 aliphatic carbocycles. The third-order valence-electron chi connectivity index (χ3n) is 7.52. The van der Waals surface area contributed by atoms with Gasteiger partial charge in [-0.15, -0.1) is 0 Å². The van der Waals surface area contributed by atoms with Crippen LogP contribution in [0.1, 0.15) is 61.6 Å². The average Bonchev–Trinajstić information content (AvgIpc) is 3.61. The Morgan fingerprint density at radius 1 is 0.946 bits per heavy atom. The van der Waals surface area contributed by atoms with Crippen molar-refractivity contribution in [3.05, 3.63) is 63.1 Å². The second-order valence-corrected chi connectivity index (χ2v) is 11.7. The molecular formula is C30H42Cl2N2O3. The molecule has 204 valence electrons. The van der Waals surface area contributed by atoms with Gasteiger partial charge in [-0.05, 0) is 79.1 Å². The number of hydrogen-bond acceptors (Lipinski definition) is 5. The van der Waals surface area contributed by atoms with Crippen LogP contribution in [0, 0.1) is 5.41 Å². The Bertz CT molecular complexity index is 999. The molecule has 0 radical (unpaired) electrons. The van der Waals surface area contributed by atoms with Crippen LogP contribution in [0.3, 0.4) is 0 Å². The van der Waals surface area contributed by atoms with Crippen molar-refractivity contribution in [2.45, 2.75) is 51.5 Å². The van der Waals surface area contributed by atoms with Gasteiger partial charge in [0, 0.05) is 47.9 Å². The van der Waals surface area contributed by atoms with E-state index in [2.05, 4.69) is 54.5 Å². The average molecular weight is 550 g/mol. The molecule has 0 aromatic heterocycles. The highest BCUT2D eigenvalue weighted by Crippen LogP contribution is 2.49. The molecule has 5 nitrogen and oxygen atoms in total. The van der Waals surface area contributed by atoms with E-state index in [4.69, 9.17) is 37.4 Å². The Hall–Kier alpha value is -1.34. The van der Waals surface area contributed by atoms with E-state index in [0.717, 1.165) is 43.4 Å². The molecule has 2 aromatic carbocycles. The zero-order chi connectivity index (χ0) is 26.1. The fourth-order valence-corrected chi connectivity index (χ4v) is 5.59. The molecule has 1 fully saturated rings. The molecule has 7 heteroatoms. The predicted molar refractivity (Wildman–Crippen MR) is 153 cm³/mol. The maximum Gasteiger partial charge on any atom is 0.0701 e. The number of rotatable bonds is 16. The number of benzene rings is 2. The van der Waals surface area contributed by atoms with Gasteiger partial charge in [-0.1, -0.05) is 48.7 Å². The number of fused-ring (bicyclic) bond motifs is 1. The molecule has 1 unspecified atom stereocenters. The molecule has 1 saturated carbocycles. The van der Waals surface area contributed by atoms with Crippen LogP contribution in [-0.4, -0.2) is 64.7 Å². The van der Waals surface area contributed by atoms with Crippen molar-refractivity contribution in [3.8, 4) is 0 Å². The zero-order valence-electron chi connectivity index (χ0n) is 22.4. The van der Waals surface area contributed by atoms with Crippen molar-refractivity contribution in [2.24, 2.45) is 5.41 Å². The number of nitrogens with zero attached hydrogens (tertiary/aromatic N) is 1. The van der Waals surface area contributed by atoms with E-state index in [1.807, 2.05) is 6.07 Å². The van der Waals surface area contributed by atoms with Gasteiger partial charge >= 0.3 is 0 Å². The Morgan fingerprint density at radius 2 is 1.68 bits per heavy atom. The summed E-state index contributed by atoms with van der Waals surface area (Å²) in [4.78, 5) is 2.31. The van der Waals surface area contributed by atoms with Crippen molar-refractivity contribution in [3.63, 3.8) is 0 Å². The molecule has 2 aromatic rings. The highest BCUT2D eigenvalue weighted by molar-refractivity contribution is 6.35. The van der Waals surface area contributed by atoms with Crippen LogP contribution in [0.2, 0.25) is 10.0 Å². The first-order valence-electron chi connectivity index (χ1n) is 13.7. The second kappa shape index (κ2) is 14.2. The lowest BCUT2D eigenvalue weighted by atomic mass is 9.84. The molecule has 0 saturated heterocycles. The lowest BCUT2D eigenvalue weighted by Gasteiger charge is -2.33. The Balaban J connectivity index is 1.09. The van der Waals surface area contributed by atoms with Crippen LogP contribution in [0.25, 0.3) is 0 Å². The number of halogens is 2. The van der Waals surface area contributed by atoms with E-state index in [1.54, 1.807) is 0 Å². The van der Waals surface area contributed by atoms with Gasteiger partial charge in [0.05, 0.1) is 33.0 Å². The zero-order valence-corrected chi connectivity index (χ0v) is 23.9. The minimum Gasteiger partial charge on any atom is -0.383 e. The fourth-order valence-electron chi connectivity index (χ4n) is 5.02. The summed E-state index contributed by atoms with van der Waals surface area (Å²) >= 11 is 12.9. The van der Waals surface area contributed by atoms with Gasteiger partial charge in [0.25, 0.3) is 0 Å². The normalized spacial score (nSPS) is 18.5. The van der Waals surface area contributed by atoms with E-state index in [1.165, 1.54) is 42.4 Å². The van der Waals surface area contributed by atoms with Gasteiger partial charge in [-0.3, -0.25) is 0 Å². The van der Waals surface area contributed by atoms with Gasteiger partial charge in [0.1, 0.15) is 0 Å². The van der Waals surface area contributed by atoms with Crippen molar-refractivity contribution < 1.29 is 14.2 Å². The lowest BCUT2D eigenvalue weighted by molar-refractivity contribution is 0.0155. The maximum atomic E-state index is 6.53. The standard InChI is InChI=1S/C30H42Cl2N2O3/c1-30(9-10-30)8-3-4-12-35-14-16-37-17-15-36-13-11-33-25-7-5-6-23(18-25)27-21-34(2)22-28-26(27)19-24(31)20-29(28)32/h5-7,18-20,27,33H,3-4,8-17,21-22H2,1-2H3. The van der Waals surface area contributed by atoms with E-state index in [-0.39, 0.29) is 5.92 Å². The van der Waals surface area contributed by atoms with Gasteiger partial charge in [-0.2, -0.15) is 0 Å². The first kappa shape index (κ1) is 28.7. The SMILES string of the molecule is CN1Cc2c(Cl)cc(Cl)cc2C(c2cccc(NCCOCCOCCOCCCCC3(C)CC3)c2)C1. The summed E-state index contributed by atoms with van der Waals surface area (Å²) in [5.41, 5.74) is 5.40. The second-order valence-electron chi connectivity index (χ2n) is 10.9. The molecule has 1 N–H and O–H groups in total. The topological polar surface area (TPSA) is 43.0 Å². The van der Waals surface area contributed by atoms with E-state index in [9.17, 15) is 0 Å². The molecule has 0 bridgehead atoms. The summed E-state index contributed by atoms with van der Waals surface area (Å²) < 4.78 is 17.0. The van der Waals surface area contributed by atoms with Crippen LogP contribution in [0.15, 0.2) is 36.4 Å². The summed E-state index contributed by atoms with van der Waals surface area (Å²) in [5.74, 6) is 0.232. The predicted octanol–water partition coefficient (Wildman–Crippen LogP) is 7.00. The van der Waals surface area contributed by atoms with Gasteiger partial charge in [-0.25, -0.2) is 0 Å². The number of unbranched alkanes of at least 4 members (excludes halogenated alkanes) is 1. The van der Waals surface area contributed by atoms with Crippen LogP contribution in [0.5, 0.6) is 0 Å². The van der Waals surface area contributed by atoms with E-state index < -0.39 is 0 Å². The fraction of sp³-hybridized carbons (Fsp3) is 0.600. The Kier molecular flexibility index (Phi) is 11.0. The molecule has 4 rings (SSSR count). The molecule has 2 aliphatic rings. The van der Waals surface area contributed by atoms with Crippen molar-refractivity contribution in [2.75, 3.05) is 65.1 Å². The summed E-state index contributed by atoms with van der Waals surface area (Å²) in [6.45, 7) is 8.85. The van der Waals surface area contributed by atoms with Crippen molar-refractivity contribution in [1.82, 2.24) is 4.90 Å². The first-order chi connectivity index (χ1) is 17.9. The maximum absolute atomic E-state index is 6.53. The number of nitrogens with one attached hydrogen (secondary N) is 1. The molecular weight excluding hydrogens is 507 g/mol. The smallest absolute Gasteiger partial charge is 0.0701 e. The number of hydrogen-bond donors (Lipinski definition) is 1. The third-order valence-corrected chi connectivity index (χ3v) is 8.08. The molecule has 1 aliphatic heterocycles. The quantitative estimate of drug-likeness (QED) is 0.228. The van der Waals surface area contributed by atoms with Crippen LogP contribution in [0.4, 0.5) is 5.69 Å². The molecule has 1 atom stereocenters. The van der Waals surface area contributed by atoms with Gasteiger partial charge in [0.15, 0.2) is 0 Å². The summed E-state index contributed by atoms with van der Waals surface area (Å²) in [5, 5.41) is 4.91. The van der Waals surface area contributed by atoms with Gasteiger partial charge in [0.2, 0.25) is 0 Å². The number of anilines is 1. The summed E-state index contributed by atoms with van der Waals surface area (Å²) in [6, 6.07) is 12.5. The van der Waals surface area contributed by atoms with E-state index >= 15 is 0 Å². The molecule has 0 amide bonds. The largest absolute Gasteiger partial charge is 0.383 e. The van der Waals surface area contributed by atoms with Crippen LogP contribution in [-0.2, 0) is 20.8 Å². The van der Waals surface area contributed by atoms with Gasteiger partial charge < -0.3 is 24.4 Å². The summed E-state index contributed by atoms with van der Waals surface area (Å²) in [6.07, 6.45) is 6.60. The molecule has 1 heterocycles. The summed E-state index contributed by atoms with van der Waals surface area (Å²) in [7, 11) is 2.13. The minimum absolute atomic E-state index is 0.232. The highest BCUT2D eigenvalue weighted by Gasteiger charge is 2.35.